The minimum absolute atomic E-state index is 0.0983. The van der Waals surface area contributed by atoms with Crippen molar-refractivity contribution in [3.05, 3.63) is 28.8 Å². The predicted molar refractivity (Wildman–Crippen MR) is 66.0 cm³/mol. The molecule has 0 N–H and O–H groups in total. The highest BCUT2D eigenvalue weighted by molar-refractivity contribution is 8.13. The molecule has 0 bridgehead atoms. The van der Waals surface area contributed by atoms with E-state index in [1.807, 2.05) is 6.92 Å². The van der Waals surface area contributed by atoms with Gasteiger partial charge in [-0.05, 0) is 31.0 Å². The molecule has 3 nitrogen and oxygen atoms in total. The summed E-state index contributed by atoms with van der Waals surface area (Å²) in [6, 6.07) is 5.19. The van der Waals surface area contributed by atoms with Gasteiger partial charge in [-0.3, -0.25) is 0 Å². The maximum Gasteiger partial charge on any atom is 0.232 e. The molecule has 1 aromatic rings. The summed E-state index contributed by atoms with van der Waals surface area (Å²) in [6.45, 7) is 2.40. The van der Waals surface area contributed by atoms with Crippen molar-refractivity contribution in [2.24, 2.45) is 0 Å². The Morgan fingerprint density at radius 1 is 1.38 bits per heavy atom. The molecule has 1 aromatic carbocycles. The second-order valence-electron chi connectivity index (χ2n) is 3.19. The van der Waals surface area contributed by atoms with Crippen molar-refractivity contribution in [1.82, 2.24) is 0 Å². The van der Waals surface area contributed by atoms with Crippen molar-refractivity contribution in [2.45, 2.75) is 13.3 Å². The molecule has 0 aromatic heterocycles. The van der Waals surface area contributed by atoms with Crippen LogP contribution in [-0.2, 0) is 15.5 Å². The Hall–Kier alpha value is -0.450. The summed E-state index contributed by atoms with van der Waals surface area (Å²) in [5, 5.41) is 0.478. The smallest absolute Gasteiger partial charge is 0.232 e. The van der Waals surface area contributed by atoms with E-state index < -0.39 is 9.05 Å². The molecule has 0 fully saturated rings. The average Bonchev–Trinajstić information content (AvgIpc) is 2.18. The Morgan fingerprint density at radius 3 is 2.56 bits per heavy atom. The predicted octanol–water partition coefficient (Wildman–Crippen LogP) is 2.85. The lowest BCUT2D eigenvalue weighted by Crippen LogP contribution is -2.01. The number of aryl methyl sites for hydroxylation is 1. The van der Waals surface area contributed by atoms with Gasteiger partial charge in [-0.25, -0.2) is 8.42 Å². The van der Waals surface area contributed by atoms with Gasteiger partial charge in [0.05, 0.1) is 17.4 Å². The first-order chi connectivity index (χ1) is 7.42. The fraction of sp³-hybridized carbons (Fsp3) is 0.400. The molecule has 0 heterocycles. The van der Waals surface area contributed by atoms with E-state index in [0.29, 0.717) is 23.8 Å². The van der Waals surface area contributed by atoms with Crippen molar-refractivity contribution < 1.29 is 13.2 Å². The highest BCUT2D eigenvalue weighted by atomic mass is 35.7. The Balaban J connectivity index is 2.73. The minimum Gasteiger partial charge on any atom is -0.492 e. The van der Waals surface area contributed by atoms with Gasteiger partial charge in [-0.1, -0.05) is 17.7 Å². The highest BCUT2D eigenvalue weighted by Gasteiger charge is 2.07. The fourth-order valence-corrected chi connectivity index (χ4v) is 2.18. The van der Waals surface area contributed by atoms with Crippen molar-refractivity contribution in [3.63, 3.8) is 0 Å². The van der Waals surface area contributed by atoms with Crippen molar-refractivity contribution in [2.75, 3.05) is 12.4 Å². The van der Waals surface area contributed by atoms with Gasteiger partial charge in [-0.15, -0.1) is 0 Å². The molecule has 6 heteroatoms. The maximum atomic E-state index is 10.8. The first-order valence-electron chi connectivity index (χ1n) is 4.76. The second-order valence-corrected chi connectivity index (χ2v) is 6.49. The van der Waals surface area contributed by atoms with Crippen LogP contribution in [0.2, 0.25) is 5.02 Å². The van der Waals surface area contributed by atoms with Gasteiger partial charge in [-0.2, -0.15) is 0 Å². The number of ether oxygens (including phenoxy) is 1. The summed E-state index contributed by atoms with van der Waals surface area (Å²) >= 11 is 5.95. The average molecular weight is 283 g/mol. The molecule has 0 radical (unpaired) electrons. The summed E-state index contributed by atoms with van der Waals surface area (Å²) < 4.78 is 26.8. The number of halogens is 2. The van der Waals surface area contributed by atoms with Crippen molar-refractivity contribution >= 4 is 31.3 Å². The molecule has 0 saturated carbocycles. The third-order valence-electron chi connectivity index (χ3n) is 1.93. The van der Waals surface area contributed by atoms with Gasteiger partial charge in [0.2, 0.25) is 9.05 Å². The molecule has 0 aliphatic carbocycles. The van der Waals surface area contributed by atoms with Crippen LogP contribution in [0.3, 0.4) is 0 Å². The van der Waals surface area contributed by atoms with Gasteiger partial charge in [0.1, 0.15) is 5.75 Å². The SMILES string of the molecule is CCOc1ccc(CCS(=O)(=O)Cl)cc1Cl. The van der Waals surface area contributed by atoms with Gasteiger partial charge in [0, 0.05) is 10.7 Å². The topological polar surface area (TPSA) is 43.4 Å². The lowest BCUT2D eigenvalue weighted by molar-refractivity contribution is 0.340. The fourth-order valence-electron chi connectivity index (χ4n) is 1.21. The van der Waals surface area contributed by atoms with E-state index in [1.165, 1.54) is 0 Å². The zero-order valence-corrected chi connectivity index (χ0v) is 11.1. The summed E-state index contributed by atoms with van der Waals surface area (Å²) in [4.78, 5) is 0. The van der Waals surface area contributed by atoms with Crippen LogP contribution >= 0.6 is 22.3 Å². The van der Waals surface area contributed by atoms with E-state index in [-0.39, 0.29) is 5.75 Å². The van der Waals surface area contributed by atoms with E-state index in [9.17, 15) is 8.42 Å². The van der Waals surface area contributed by atoms with E-state index >= 15 is 0 Å². The standard InChI is InChI=1S/C10H12Cl2O3S/c1-2-15-10-4-3-8(7-9(10)11)5-6-16(12,13)14/h3-4,7H,2,5-6H2,1H3. The third-order valence-corrected chi connectivity index (χ3v) is 3.38. The van der Waals surface area contributed by atoms with Gasteiger partial charge in [0.25, 0.3) is 0 Å². The van der Waals surface area contributed by atoms with Crippen LogP contribution in [0, 0.1) is 0 Å². The lowest BCUT2D eigenvalue weighted by atomic mass is 10.2. The third kappa shape index (κ3) is 4.60. The van der Waals surface area contributed by atoms with Crippen LogP contribution in [0.5, 0.6) is 5.75 Å². The number of rotatable bonds is 5. The second kappa shape index (κ2) is 5.75. The van der Waals surface area contributed by atoms with Crippen molar-refractivity contribution in [1.29, 1.82) is 0 Å². The van der Waals surface area contributed by atoms with Crippen LogP contribution in [0.25, 0.3) is 0 Å². The molecular weight excluding hydrogens is 271 g/mol. The first-order valence-corrected chi connectivity index (χ1v) is 7.61. The molecule has 0 aliphatic heterocycles. The van der Waals surface area contributed by atoms with Crippen LogP contribution in [0.4, 0.5) is 0 Å². The molecule has 0 spiro atoms. The van der Waals surface area contributed by atoms with E-state index in [2.05, 4.69) is 0 Å². The lowest BCUT2D eigenvalue weighted by Gasteiger charge is -2.07. The molecular formula is C10H12Cl2O3S. The van der Waals surface area contributed by atoms with E-state index in [1.54, 1.807) is 18.2 Å². The maximum absolute atomic E-state index is 10.8. The quantitative estimate of drug-likeness (QED) is 0.780. The molecule has 0 saturated heterocycles. The van der Waals surface area contributed by atoms with Crippen LogP contribution in [0.15, 0.2) is 18.2 Å². The Bertz CT molecular complexity index is 457. The number of hydrogen-bond acceptors (Lipinski definition) is 3. The number of benzene rings is 1. The molecule has 1 rings (SSSR count). The Morgan fingerprint density at radius 2 is 2.06 bits per heavy atom. The van der Waals surface area contributed by atoms with Gasteiger partial charge < -0.3 is 4.74 Å². The summed E-state index contributed by atoms with van der Waals surface area (Å²) in [7, 11) is 1.66. The van der Waals surface area contributed by atoms with Crippen LogP contribution in [0.1, 0.15) is 12.5 Å². The van der Waals surface area contributed by atoms with Gasteiger partial charge >= 0.3 is 0 Å². The summed E-state index contributed by atoms with van der Waals surface area (Å²) in [6.07, 6.45) is 0.345. The molecule has 0 aliphatic rings. The van der Waals surface area contributed by atoms with Crippen LogP contribution in [-0.4, -0.2) is 20.8 Å². The first kappa shape index (κ1) is 13.6. The van der Waals surface area contributed by atoms with E-state index in [0.717, 1.165) is 5.56 Å². The molecule has 0 amide bonds. The number of hydrogen-bond donors (Lipinski definition) is 0. The monoisotopic (exact) mass is 282 g/mol. The summed E-state index contributed by atoms with van der Waals surface area (Å²) in [5.74, 6) is 0.500. The molecule has 0 atom stereocenters. The van der Waals surface area contributed by atoms with E-state index in [4.69, 9.17) is 27.0 Å². The summed E-state index contributed by atoms with van der Waals surface area (Å²) in [5.41, 5.74) is 0.817. The minimum atomic E-state index is -3.46. The zero-order valence-electron chi connectivity index (χ0n) is 8.74. The zero-order chi connectivity index (χ0) is 12.2. The van der Waals surface area contributed by atoms with Gasteiger partial charge in [0.15, 0.2) is 0 Å². The van der Waals surface area contributed by atoms with Crippen molar-refractivity contribution in [3.8, 4) is 5.75 Å². The van der Waals surface area contributed by atoms with Crippen LogP contribution < -0.4 is 4.74 Å². The highest BCUT2D eigenvalue weighted by Crippen LogP contribution is 2.25. The largest absolute Gasteiger partial charge is 0.492 e. The molecule has 0 unspecified atom stereocenters. The normalized spacial score (nSPS) is 11.4. The molecule has 90 valence electrons. The Labute approximate surface area is 105 Å². The molecule has 16 heavy (non-hydrogen) atoms. The Kier molecular flexibility index (Phi) is 4.89.